The van der Waals surface area contributed by atoms with E-state index in [1.807, 2.05) is 12.3 Å². The fraction of sp³-hybridized carbons (Fsp3) is 0.200. The minimum atomic E-state index is -3.86. The van der Waals surface area contributed by atoms with E-state index in [2.05, 4.69) is 20.8 Å². The lowest BCUT2D eigenvalue weighted by atomic mass is 9.89. The van der Waals surface area contributed by atoms with Crippen molar-refractivity contribution in [3.05, 3.63) is 89.2 Å². The molecule has 1 saturated heterocycles. The zero-order valence-corrected chi connectivity index (χ0v) is 19.8. The lowest BCUT2D eigenvalue weighted by Crippen LogP contribution is -2.38. The number of likely N-dealkylation sites (tertiary alicyclic amines) is 1. The average Bonchev–Trinajstić information content (AvgIpc) is 3.28. The number of hydrogen-bond acceptors (Lipinski definition) is 4. The second kappa shape index (κ2) is 9.12. The number of hydrogen-bond donors (Lipinski definition) is 2. The largest absolute Gasteiger partial charge is 0.346 e. The quantitative estimate of drug-likeness (QED) is 0.406. The molecular formula is C25H23ClN4O3S. The van der Waals surface area contributed by atoms with Gasteiger partial charge in [-0.3, -0.25) is 9.52 Å². The van der Waals surface area contributed by atoms with Gasteiger partial charge in [-0.2, -0.15) is 0 Å². The maximum absolute atomic E-state index is 13.2. The summed E-state index contributed by atoms with van der Waals surface area (Å²) in [5.41, 5.74) is 2.82. The van der Waals surface area contributed by atoms with Crippen LogP contribution in [0.15, 0.2) is 78.0 Å². The molecule has 0 unspecified atom stereocenters. The normalized spacial score (nSPS) is 14.9. The molecule has 2 aromatic heterocycles. The van der Waals surface area contributed by atoms with E-state index >= 15 is 0 Å². The molecule has 34 heavy (non-hydrogen) atoms. The first-order valence-corrected chi connectivity index (χ1v) is 12.9. The number of aromatic amines is 1. The molecule has 1 fully saturated rings. The van der Waals surface area contributed by atoms with Crippen molar-refractivity contribution < 1.29 is 13.2 Å². The highest BCUT2D eigenvalue weighted by Gasteiger charge is 2.27. The van der Waals surface area contributed by atoms with E-state index in [4.69, 9.17) is 11.6 Å². The molecule has 1 amide bonds. The van der Waals surface area contributed by atoms with E-state index in [0.29, 0.717) is 35.3 Å². The van der Waals surface area contributed by atoms with Crippen molar-refractivity contribution in [1.82, 2.24) is 14.9 Å². The number of amides is 1. The smallest absolute Gasteiger partial charge is 0.261 e. The minimum Gasteiger partial charge on any atom is -0.346 e. The number of anilines is 1. The zero-order valence-electron chi connectivity index (χ0n) is 18.2. The van der Waals surface area contributed by atoms with Gasteiger partial charge in [0.15, 0.2) is 0 Å². The SMILES string of the molecule is O=C(c1cccc(S(=O)(=O)Nc2cccc(Cl)c2)c1)N1CCC(c2c[nH]c3ncccc23)CC1. The minimum absolute atomic E-state index is 0.0273. The summed E-state index contributed by atoms with van der Waals surface area (Å²) in [5, 5.41) is 1.55. The number of nitrogens with one attached hydrogen (secondary N) is 2. The number of aromatic nitrogens is 2. The number of fused-ring (bicyclic) bond motifs is 1. The number of pyridine rings is 1. The Morgan fingerprint density at radius 2 is 1.85 bits per heavy atom. The van der Waals surface area contributed by atoms with Gasteiger partial charge in [0, 0.05) is 41.5 Å². The van der Waals surface area contributed by atoms with Gasteiger partial charge in [0.05, 0.1) is 10.6 Å². The Kier molecular flexibility index (Phi) is 6.02. The van der Waals surface area contributed by atoms with Gasteiger partial charge in [0.2, 0.25) is 0 Å². The standard InChI is InChI=1S/C25H23ClN4O3S/c26-19-5-2-6-20(15-19)29-34(32,33)21-7-1-4-18(14-21)25(31)30-12-9-17(10-13-30)23-16-28-24-22(23)8-3-11-27-24/h1-8,11,14-17,29H,9-10,12-13H2,(H,27,28). The molecular weight excluding hydrogens is 472 g/mol. The van der Waals surface area contributed by atoms with E-state index in [0.717, 1.165) is 23.9 Å². The Bertz CT molecular complexity index is 1460. The van der Waals surface area contributed by atoms with Crippen molar-refractivity contribution >= 4 is 44.3 Å². The van der Waals surface area contributed by atoms with Gasteiger partial charge in [0.25, 0.3) is 15.9 Å². The molecule has 2 aromatic carbocycles. The number of carbonyl (C=O) groups excluding carboxylic acids is 1. The van der Waals surface area contributed by atoms with E-state index in [9.17, 15) is 13.2 Å². The van der Waals surface area contributed by atoms with Crippen molar-refractivity contribution in [2.45, 2.75) is 23.7 Å². The van der Waals surface area contributed by atoms with Crippen LogP contribution in [0.3, 0.4) is 0 Å². The van der Waals surface area contributed by atoms with E-state index in [1.54, 1.807) is 41.4 Å². The molecule has 9 heteroatoms. The van der Waals surface area contributed by atoms with Crippen molar-refractivity contribution in [3.8, 4) is 0 Å². The second-order valence-corrected chi connectivity index (χ2v) is 10.5. The van der Waals surface area contributed by atoms with Gasteiger partial charge in [-0.1, -0.05) is 23.7 Å². The van der Waals surface area contributed by atoms with Crippen LogP contribution < -0.4 is 4.72 Å². The molecule has 1 aliphatic heterocycles. The predicted octanol–water partition coefficient (Wildman–Crippen LogP) is 5.04. The van der Waals surface area contributed by atoms with Crippen LogP contribution in [0, 0.1) is 0 Å². The van der Waals surface area contributed by atoms with Crippen LogP contribution in [0.4, 0.5) is 5.69 Å². The first-order valence-electron chi connectivity index (χ1n) is 11.0. The Labute approximate surface area is 202 Å². The van der Waals surface area contributed by atoms with Crippen LogP contribution >= 0.6 is 11.6 Å². The molecule has 0 aliphatic carbocycles. The number of halogens is 1. The Morgan fingerprint density at radius 3 is 2.65 bits per heavy atom. The molecule has 4 aromatic rings. The third kappa shape index (κ3) is 4.51. The Morgan fingerprint density at radius 1 is 1.06 bits per heavy atom. The number of benzene rings is 2. The molecule has 0 saturated carbocycles. The van der Waals surface area contributed by atoms with Crippen molar-refractivity contribution in [2.24, 2.45) is 0 Å². The van der Waals surface area contributed by atoms with Gasteiger partial charge in [-0.05, 0) is 72.9 Å². The van der Waals surface area contributed by atoms with Crippen LogP contribution in [0.5, 0.6) is 0 Å². The van der Waals surface area contributed by atoms with Crippen molar-refractivity contribution in [3.63, 3.8) is 0 Å². The Hall–Kier alpha value is -3.36. The highest BCUT2D eigenvalue weighted by Crippen LogP contribution is 2.33. The van der Waals surface area contributed by atoms with Crippen molar-refractivity contribution in [2.75, 3.05) is 17.8 Å². The summed E-state index contributed by atoms with van der Waals surface area (Å²) >= 11 is 5.95. The number of H-pyrrole nitrogens is 1. The molecule has 3 heterocycles. The molecule has 0 atom stereocenters. The fourth-order valence-corrected chi connectivity index (χ4v) is 5.74. The van der Waals surface area contributed by atoms with E-state index in [1.165, 1.54) is 23.8 Å². The third-order valence-corrected chi connectivity index (χ3v) is 7.79. The summed E-state index contributed by atoms with van der Waals surface area (Å²) in [7, 11) is -3.86. The van der Waals surface area contributed by atoms with Crippen LogP contribution in [-0.4, -0.2) is 42.3 Å². The fourth-order valence-electron chi connectivity index (χ4n) is 4.45. The monoisotopic (exact) mass is 494 g/mol. The summed E-state index contributed by atoms with van der Waals surface area (Å²) in [4.78, 5) is 22.6. The molecule has 1 aliphatic rings. The van der Waals surface area contributed by atoms with Crippen LogP contribution in [0.1, 0.15) is 34.7 Å². The molecule has 0 spiro atoms. The van der Waals surface area contributed by atoms with Crippen LogP contribution in [0.25, 0.3) is 11.0 Å². The number of nitrogens with zero attached hydrogens (tertiary/aromatic N) is 2. The molecule has 0 bridgehead atoms. The topological polar surface area (TPSA) is 95.2 Å². The third-order valence-electron chi connectivity index (χ3n) is 6.17. The number of piperidine rings is 1. The van der Waals surface area contributed by atoms with E-state index in [-0.39, 0.29) is 10.8 Å². The molecule has 7 nitrogen and oxygen atoms in total. The molecule has 5 rings (SSSR count). The first-order chi connectivity index (χ1) is 16.4. The maximum Gasteiger partial charge on any atom is 0.261 e. The lowest BCUT2D eigenvalue weighted by molar-refractivity contribution is 0.0713. The van der Waals surface area contributed by atoms with Gasteiger partial charge in [-0.25, -0.2) is 13.4 Å². The zero-order chi connectivity index (χ0) is 23.7. The number of sulfonamides is 1. The van der Waals surface area contributed by atoms with E-state index < -0.39 is 10.0 Å². The molecule has 174 valence electrons. The predicted molar refractivity (Wildman–Crippen MR) is 133 cm³/mol. The lowest BCUT2D eigenvalue weighted by Gasteiger charge is -2.32. The van der Waals surface area contributed by atoms with Gasteiger partial charge >= 0.3 is 0 Å². The van der Waals surface area contributed by atoms with Gasteiger partial charge in [-0.15, -0.1) is 0 Å². The second-order valence-electron chi connectivity index (χ2n) is 8.35. The summed E-state index contributed by atoms with van der Waals surface area (Å²) in [6.07, 6.45) is 5.45. The molecule has 2 N–H and O–H groups in total. The highest BCUT2D eigenvalue weighted by atomic mass is 35.5. The summed E-state index contributed by atoms with van der Waals surface area (Å²) in [6.45, 7) is 1.21. The average molecular weight is 495 g/mol. The summed E-state index contributed by atoms with van der Waals surface area (Å²) in [6, 6.07) is 16.6. The summed E-state index contributed by atoms with van der Waals surface area (Å²) in [5.74, 6) is 0.175. The van der Waals surface area contributed by atoms with Gasteiger partial charge in [0.1, 0.15) is 5.65 Å². The highest BCUT2D eigenvalue weighted by molar-refractivity contribution is 7.92. The number of rotatable bonds is 5. The Balaban J connectivity index is 1.29. The van der Waals surface area contributed by atoms with Crippen LogP contribution in [-0.2, 0) is 10.0 Å². The van der Waals surface area contributed by atoms with Crippen molar-refractivity contribution in [1.29, 1.82) is 0 Å². The van der Waals surface area contributed by atoms with Gasteiger partial charge < -0.3 is 9.88 Å². The first kappa shape index (κ1) is 22.4. The number of carbonyl (C=O) groups is 1. The molecule has 0 radical (unpaired) electrons. The van der Waals surface area contributed by atoms with Crippen LogP contribution in [0.2, 0.25) is 5.02 Å². The maximum atomic E-state index is 13.2. The summed E-state index contributed by atoms with van der Waals surface area (Å²) < 4.78 is 28.2.